The maximum absolute atomic E-state index is 13.4. The van der Waals surface area contributed by atoms with E-state index in [1.54, 1.807) is 23.1 Å². The summed E-state index contributed by atoms with van der Waals surface area (Å²) in [7, 11) is 0. The fourth-order valence-electron chi connectivity index (χ4n) is 5.18. The molecule has 2 fully saturated rings. The Bertz CT molecular complexity index is 1190. The lowest BCUT2D eigenvalue weighted by Gasteiger charge is -2.29. The fourth-order valence-corrected chi connectivity index (χ4v) is 5.18. The first-order chi connectivity index (χ1) is 18.1. The summed E-state index contributed by atoms with van der Waals surface area (Å²) >= 11 is 0. The summed E-state index contributed by atoms with van der Waals surface area (Å²) in [5.41, 5.74) is 3.42. The van der Waals surface area contributed by atoms with Gasteiger partial charge in [-0.1, -0.05) is 45.0 Å². The Morgan fingerprint density at radius 1 is 1.05 bits per heavy atom. The lowest BCUT2D eigenvalue weighted by molar-refractivity contribution is -0.140. The van der Waals surface area contributed by atoms with Gasteiger partial charge in [0.25, 0.3) is 11.7 Å². The Morgan fingerprint density at radius 3 is 2.34 bits per heavy atom. The number of rotatable bonds is 8. The largest absolute Gasteiger partial charge is 0.507 e. The van der Waals surface area contributed by atoms with Gasteiger partial charge in [0.15, 0.2) is 0 Å². The standard InChI is InChI=1S/C31H40N2O5/c1-6-38-25-13-10-23(20-21(25)2)28(34)26-27(22-8-11-24(12-9-22)31(3,4)5)33(30(36)29(26)35)15-7-14-32-16-18-37-19-17-32/h8-13,20,27,34H,6-7,14-19H2,1-5H3/b28-26+. The van der Waals surface area contributed by atoms with Gasteiger partial charge in [-0.3, -0.25) is 14.5 Å². The molecule has 4 rings (SSSR count). The van der Waals surface area contributed by atoms with Crippen LogP contribution in [0.15, 0.2) is 48.0 Å². The van der Waals surface area contributed by atoms with Crippen molar-refractivity contribution in [2.24, 2.45) is 0 Å². The fraction of sp³-hybridized carbons (Fsp3) is 0.484. The second kappa shape index (κ2) is 11.7. The predicted molar refractivity (Wildman–Crippen MR) is 148 cm³/mol. The first-order valence-corrected chi connectivity index (χ1v) is 13.5. The molecule has 1 unspecified atom stereocenters. The highest BCUT2D eigenvalue weighted by atomic mass is 16.5. The van der Waals surface area contributed by atoms with E-state index in [1.807, 2.05) is 38.1 Å². The molecular weight excluding hydrogens is 480 g/mol. The molecule has 0 saturated carbocycles. The van der Waals surface area contributed by atoms with Crippen LogP contribution in [0.2, 0.25) is 0 Å². The SMILES string of the molecule is CCOc1ccc(/C(O)=C2\C(=O)C(=O)N(CCCN3CCOCC3)C2c2ccc(C(C)(C)C)cc2)cc1C. The van der Waals surface area contributed by atoms with Gasteiger partial charge >= 0.3 is 0 Å². The van der Waals surface area contributed by atoms with Crippen LogP contribution >= 0.6 is 0 Å². The van der Waals surface area contributed by atoms with Crippen molar-refractivity contribution in [2.75, 3.05) is 46.0 Å². The minimum absolute atomic E-state index is 0.0294. The lowest BCUT2D eigenvalue weighted by atomic mass is 9.85. The second-order valence-corrected chi connectivity index (χ2v) is 11.1. The number of aryl methyl sites for hydroxylation is 1. The summed E-state index contributed by atoms with van der Waals surface area (Å²) in [6, 6.07) is 12.7. The number of benzene rings is 2. The van der Waals surface area contributed by atoms with E-state index in [9.17, 15) is 14.7 Å². The van der Waals surface area contributed by atoms with Crippen molar-refractivity contribution in [1.82, 2.24) is 9.80 Å². The summed E-state index contributed by atoms with van der Waals surface area (Å²) in [6.45, 7) is 15.2. The Balaban J connectivity index is 1.70. The Kier molecular flexibility index (Phi) is 8.58. The molecule has 7 heteroatoms. The van der Waals surface area contributed by atoms with E-state index in [4.69, 9.17) is 9.47 Å². The molecule has 2 aromatic carbocycles. The molecular formula is C31H40N2O5. The van der Waals surface area contributed by atoms with Crippen LogP contribution in [0.3, 0.4) is 0 Å². The zero-order valence-corrected chi connectivity index (χ0v) is 23.3. The van der Waals surface area contributed by atoms with Crippen LogP contribution < -0.4 is 4.74 Å². The smallest absolute Gasteiger partial charge is 0.295 e. The number of aliphatic hydroxyl groups is 1. The second-order valence-electron chi connectivity index (χ2n) is 11.1. The van der Waals surface area contributed by atoms with Crippen molar-refractivity contribution in [3.8, 4) is 5.75 Å². The number of ether oxygens (including phenoxy) is 2. The van der Waals surface area contributed by atoms with Gasteiger partial charge in [-0.15, -0.1) is 0 Å². The van der Waals surface area contributed by atoms with E-state index in [0.29, 0.717) is 31.9 Å². The average Bonchev–Trinajstić information content (AvgIpc) is 3.15. The number of Topliss-reactive ketones (excluding diaryl/α,β-unsaturated/α-hetero) is 1. The highest BCUT2D eigenvalue weighted by molar-refractivity contribution is 6.46. The summed E-state index contributed by atoms with van der Waals surface area (Å²) in [5, 5.41) is 11.4. The minimum atomic E-state index is -0.652. The molecule has 38 heavy (non-hydrogen) atoms. The summed E-state index contributed by atoms with van der Waals surface area (Å²) < 4.78 is 11.1. The van der Waals surface area contributed by atoms with Crippen LogP contribution in [0.4, 0.5) is 0 Å². The van der Waals surface area contributed by atoms with E-state index in [0.717, 1.165) is 48.5 Å². The van der Waals surface area contributed by atoms with Crippen molar-refractivity contribution < 1.29 is 24.2 Å². The number of carbonyl (C=O) groups is 2. The highest BCUT2D eigenvalue weighted by Crippen LogP contribution is 2.40. The number of amides is 1. The van der Waals surface area contributed by atoms with E-state index < -0.39 is 17.7 Å². The summed E-state index contributed by atoms with van der Waals surface area (Å²) in [5.74, 6) is -0.650. The molecule has 204 valence electrons. The van der Waals surface area contributed by atoms with E-state index in [2.05, 4.69) is 25.7 Å². The molecule has 0 aromatic heterocycles. The number of ketones is 1. The Morgan fingerprint density at radius 2 is 1.74 bits per heavy atom. The molecule has 1 amide bonds. The van der Waals surface area contributed by atoms with Crippen molar-refractivity contribution in [1.29, 1.82) is 0 Å². The van der Waals surface area contributed by atoms with Crippen molar-refractivity contribution in [3.63, 3.8) is 0 Å². The first-order valence-electron chi connectivity index (χ1n) is 13.5. The third-order valence-electron chi connectivity index (χ3n) is 7.36. The summed E-state index contributed by atoms with van der Waals surface area (Å²) in [6.07, 6.45) is 0.728. The maximum atomic E-state index is 13.4. The van der Waals surface area contributed by atoms with Gasteiger partial charge in [-0.05, 0) is 60.6 Å². The highest BCUT2D eigenvalue weighted by Gasteiger charge is 2.46. The predicted octanol–water partition coefficient (Wildman–Crippen LogP) is 4.84. The first kappa shape index (κ1) is 27.9. The van der Waals surface area contributed by atoms with Gasteiger partial charge in [0.05, 0.1) is 31.4 Å². The molecule has 0 aliphatic carbocycles. The number of aliphatic hydroxyl groups excluding tert-OH is 1. The third kappa shape index (κ3) is 5.94. The summed E-state index contributed by atoms with van der Waals surface area (Å²) in [4.78, 5) is 30.7. The third-order valence-corrected chi connectivity index (χ3v) is 7.36. The average molecular weight is 521 g/mol. The molecule has 7 nitrogen and oxygen atoms in total. The van der Waals surface area contributed by atoms with Crippen LogP contribution in [0, 0.1) is 6.92 Å². The van der Waals surface area contributed by atoms with Crippen LogP contribution in [-0.2, 0) is 19.7 Å². The topological polar surface area (TPSA) is 79.3 Å². The number of likely N-dealkylation sites (tertiary alicyclic amines) is 1. The Hall–Kier alpha value is -3.16. The van der Waals surface area contributed by atoms with E-state index >= 15 is 0 Å². The molecule has 1 atom stereocenters. The van der Waals surface area contributed by atoms with E-state index in [1.165, 1.54) is 0 Å². The van der Waals surface area contributed by atoms with Crippen LogP contribution in [0.1, 0.15) is 62.4 Å². The number of nitrogens with zero attached hydrogens (tertiary/aromatic N) is 2. The molecule has 0 spiro atoms. The monoisotopic (exact) mass is 520 g/mol. The van der Waals surface area contributed by atoms with Gasteiger partial charge in [0.1, 0.15) is 11.5 Å². The van der Waals surface area contributed by atoms with Crippen LogP contribution in [0.5, 0.6) is 5.75 Å². The van der Waals surface area contributed by atoms with Crippen LogP contribution in [-0.4, -0.2) is 72.6 Å². The molecule has 2 aliphatic rings. The number of morpholine rings is 1. The molecule has 0 radical (unpaired) electrons. The van der Waals surface area contributed by atoms with Gasteiger partial charge in [0, 0.05) is 31.7 Å². The Labute approximate surface area is 226 Å². The van der Waals surface area contributed by atoms with Crippen LogP contribution in [0.25, 0.3) is 5.76 Å². The molecule has 2 saturated heterocycles. The molecule has 1 N–H and O–H groups in total. The maximum Gasteiger partial charge on any atom is 0.295 e. The van der Waals surface area contributed by atoms with Gasteiger partial charge < -0.3 is 19.5 Å². The minimum Gasteiger partial charge on any atom is -0.507 e. The van der Waals surface area contributed by atoms with Crippen molar-refractivity contribution >= 4 is 17.4 Å². The van der Waals surface area contributed by atoms with E-state index in [-0.39, 0.29) is 16.7 Å². The van der Waals surface area contributed by atoms with Gasteiger partial charge in [0.2, 0.25) is 0 Å². The molecule has 2 aromatic rings. The zero-order valence-electron chi connectivity index (χ0n) is 23.3. The zero-order chi connectivity index (χ0) is 27.4. The lowest BCUT2D eigenvalue weighted by Crippen LogP contribution is -2.39. The van der Waals surface area contributed by atoms with Crippen molar-refractivity contribution in [2.45, 2.75) is 52.5 Å². The molecule has 0 bridgehead atoms. The normalized spacial score (nSPS) is 20.2. The number of hydrogen-bond acceptors (Lipinski definition) is 6. The number of hydrogen-bond donors (Lipinski definition) is 1. The number of carbonyl (C=O) groups excluding carboxylic acids is 2. The molecule has 2 heterocycles. The quantitative estimate of drug-likeness (QED) is 0.305. The molecule has 2 aliphatic heterocycles. The van der Waals surface area contributed by atoms with Gasteiger partial charge in [-0.25, -0.2) is 0 Å². The van der Waals surface area contributed by atoms with Gasteiger partial charge in [-0.2, -0.15) is 0 Å². The van der Waals surface area contributed by atoms with Crippen molar-refractivity contribution in [3.05, 3.63) is 70.3 Å².